The van der Waals surface area contributed by atoms with Gasteiger partial charge in [-0.15, -0.1) is 0 Å². The van der Waals surface area contributed by atoms with Crippen LogP contribution in [0.1, 0.15) is 63.3 Å². The van der Waals surface area contributed by atoms with Crippen LogP contribution in [0.25, 0.3) is 0 Å². The molecule has 6 heteroatoms. The fraction of sp³-hybridized carbons (Fsp3) is 0.750. The summed E-state index contributed by atoms with van der Waals surface area (Å²) < 4.78 is 1.90. The number of nitrogens with zero attached hydrogens (tertiary/aromatic N) is 3. The summed E-state index contributed by atoms with van der Waals surface area (Å²) in [7, 11) is 0. The minimum Gasteiger partial charge on any atom is -0.355 e. The van der Waals surface area contributed by atoms with E-state index >= 15 is 0 Å². The summed E-state index contributed by atoms with van der Waals surface area (Å²) in [5, 5.41) is 7.59. The lowest BCUT2D eigenvalue weighted by atomic mass is 9.74. The molecule has 0 unspecified atom stereocenters. The third-order valence-corrected chi connectivity index (χ3v) is 6.15. The van der Waals surface area contributed by atoms with Gasteiger partial charge in [0.25, 0.3) is 0 Å². The molecule has 1 aliphatic carbocycles. The van der Waals surface area contributed by atoms with Crippen LogP contribution in [0.4, 0.5) is 0 Å². The molecular weight excluding hydrogens is 328 g/mol. The maximum Gasteiger partial charge on any atom is 0.222 e. The molecule has 26 heavy (non-hydrogen) atoms. The second-order valence-corrected chi connectivity index (χ2v) is 8.03. The highest BCUT2D eigenvalue weighted by Crippen LogP contribution is 2.47. The largest absolute Gasteiger partial charge is 0.355 e. The van der Waals surface area contributed by atoms with Gasteiger partial charge in [0.15, 0.2) is 0 Å². The number of carbonyl (C=O) groups excluding carboxylic acids is 2. The van der Waals surface area contributed by atoms with Crippen LogP contribution in [0.15, 0.2) is 6.07 Å². The summed E-state index contributed by atoms with van der Waals surface area (Å²) in [6, 6.07) is 2.33. The Bertz CT molecular complexity index is 669. The topological polar surface area (TPSA) is 67.2 Å². The van der Waals surface area contributed by atoms with E-state index in [9.17, 15) is 9.59 Å². The standard InChI is InChI=1S/C20H32N4O2/c1-4-11-23-17-6-5-9-20(17,10-7-19(23)26)14-21-18(25)8-12-24-16(3)13-15(2)22-24/h13,17H,4-12,14H2,1-3H3,(H,21,25)/t17-,20+/m1/s1. The minimum atomic E-state index is 0.0801. The van der Waals surface area contributed by atoms with Gasteiger partial charge in [-0.25, -0.2) is 0 Å². The number of amides is 2. The van der Waals surface area contributed by atoms with Gasteiger partial charge in [0.2, 0.25) is 11.8 Å². The highest BCUT2D eigenvalue weighted by molar-refractivity contribution is 5.78. The van der Waals surface area contributed by atoms with Crippen molar-refractivity contribution in [1.29, 1.82) is 0 Å². The Morgan fingerprint density at radius 1 is 1.35 bits per heavy atom. The molecule has 1 N–H and O–H groups in total. The van der Waals surface area contributed by atoms with Crippen LogP contribution < -0.4 is 5.32 Å². The first-order valence-corrected chi connectivity index (χ1v) is 10.0. The molecule has 2 heterocycles. The number of fused-ring (bicyclic) bond motifs is 1. The first-order chi connectivity index (χ1) is 12.4. The fourth-order valence-corrected chi connectivity index (χ4v) is 4.86. The van der Waals surface area contributed by atoms with E-state index in [1.807, 2.05) is 24.6 Å². The molecule has 3 rings (SSSR count). The first kappa shape index (κ1) is 18.9. The Hall–Kier alpha value is -1.85. The summed E-state index contributed by atoms with van der Waals surface area (Å²) in [5.74, 6) is 0.377. The van der Waals surface area contributed by atoms with Crippen molar-refractivity contribution in [2.24, 2.45) is 5.41 Å². The maximum absolute atomic E-state index is 12.4. The smallest absolute Gasteiger partial charge is 0.222 e. The predicted octanol–water partition coefficient (Wildman–Crippen LogP) is 2.58. The number of aryl methyl sites for hydroxylation is 3. The molecule has 0 aromatic carbocycles. The normalized spacial score (nSPS) is 25.4. The highest BCUT2D eigenvalue weighted by Gasteiger charge is 2.49. The van der Waals surface area contributed by atoms with Crippen LogP contribution in [0.3, 0.4) is 0 Å². The zero-order valence-electron chi connectivity index (χ0n) is 16.4. The van der Waals surface area contributed by atoms with Crippen molar-refractivity contribution in [2.75, 3.05) is 13.1 Å². The number of hydrogen-bond donors (Lipinski definition) is 1. The molecule has 2 aliphatic rings. The first-order valence-electron chi connectivity index (χ1n) is 10.0. The van der Waals surface area contributed by atoms with Crippen LogP contribution >= 0.6 is 0 Å². The minimum absolute atomic E-state index is 0.0801. The molecule has 2 amide bonds. The average molecular weight is 361 g/mol. The van der Waals surface area contributed by atoms with Crippen molar-refractivity contribution in [3.05, 3.63) is 17.5 Å². The zero-order chi connectivity index (χ0) is 18.7. The zero-order valence-corrected chi connectivity index (χ0v) is 16.4. The molecule has 0 spiro atoms. The van der Waals surface area contributed by atoms with Gasteiger partial charge in [0, 0.05) is 49.6 Å². The molecule has 2 atom stereocenters. The molecule has 0 bridgehead atoms. The number of rotatable bonds is 7. The van der Waals surface area contributed by atoms with Gasteiger partial charge in [-0.05, 0) is 45.6 Å². The molecule has 1 saturated carbocycles. The summed E-state index contributed by atoms with van der Waals surface area (Å²) in [6.45, 7) is 8.26. The van der Waals surface area contributed by atoms with E-state index in [-0.39, 0.29) is 11.3 Å². The van der Waals surface area contributed by atoms with Crippen LogP contribution in [0.2, 0.25) is 0 Å². The number of hydrogen-bond acceptors (Lipinski definition) is 3. The monoisotopic (exact) mass is 360 g/mol. The summed E-state index contributed by atoms with van der Waals surface area (Å²) >= 11 is 0. The SMILES string of the molecule is CCCN1C(=O)CC[C@]2(CNC(=O)CCn3nc(C)cc3C)CCC[C@@H]12. The molecule has 1 saturated heterocycles. The lowest BCUT2D eigenvalue weighted by Gasteiger charge is -2.46. The van der Waals surface area contributed by atoms with Gasteiger partial charge in [0.05, 0.1) is 5.69 Å². The molecule has 144 valence electrons. The Balaban J connectivity index is 1.56. The lowest BCUT2D eigenvalue weighted by molar-refractivity contribution is -0.142. The molecule has 2 fully saturated rings. The van der Waals surface area contributed by atoms with E-state index < -0.39 is 0 Å². The summed E-state index contributed by atoms with van der Waals surface area (Å²) in [5.41, 5.74) is 2.15. The average Bonchev–Trinajstić information content (AvgIpc) is 3.17. The number of nitrogens with one attached hydrogen (secondary N) is 1. The number of likely N-dealkylation sites (tertiary alicyclic amines) is 1. The quantitative estimate of drug-likeness (QED) is 0.813. The maximum atomic E-state index is 12.4. The Kier molecular flexibility index (Phi) is 5.68. The van der Waals surface area contributed by atoms with Crippen molar-refractivity contribution in [3.8, 4) is 0 Å². The van der Waals surface area contributed by atoms with E-state index in [0.29, 0.717) is 37.9 Å². The Labute approximate surface area is 156 Å². The third kappa shape index (κ3) is 3.79. The predicted molar refractivity (Wildman–Crippen MR) is 101 cm³/mol. The number of aromatic nitrogens is 2. The molecule has 1 aliphatic heterocycles. The van der Waals surface area contributed by atoms with E-state index in [1.54, 1.807) is 0 Å². The third-order valence-electron chi connectivity index (χ3n) is 6.15. The van der Waals surface area contributed by atoms with Crippen molar-refractivity contribution in [2.45, 2.75) is 78.3 Å². The van der Waals surface area contributed by atoms with E-state index in [4.69, 9.17) is 0 Å². The summed E-state index contributed by atoms with van der Waals surface area (Å²) in [6.07, 6.45) is 6.32. The van der Waals surface area contributed by atoms with E-state index in [1.165, 1.54) is 0 Å². The van der Waals surface area contributed by atoms with Gasteiger partial charge < -0.3 is 10.2 Å². The Morgan fingerprint density at radius 2 is 2.15 bits per heavy atom. The van der Waals surface area contributed by atoms with Crippen LogP contribution in [0, 0.1) is 19.3 Å². The number of piperidine rings is 1. The molecule has 1 aromatic rings. The van der Waals surface area contributed by atoms with E-state index in [2.05, 4.69) is 22.2 Å². The van der Waals surface area contributed by atoms with Gasteiger partial charge in [-0.1, -0.05) is 13.3 Å². The molecular formula is C20H32N4O2. The Morgan fingerprint density at radius 3 is 2.85 bits per heavy atom. The van der Waals surface area contributed by atoms with E-state index in [0.717, 1.165) is 50.0 Å². The highest BCUT2D eigenvalue weighted by atomic mass is 16.2. The van der Waals surface area contributed by atoms with Gasteiger partial charge in [-0.2, -0.15) is 5.10 Å². The fourth-order valence-electron chi connectivity index (χ4n) is 4.86. The van der Waals surface area contributed by atoms with Crippen LogP contribution in [-0.4, -0.2) is 45.6 Å². The van der Waals surface area contributed by atoms with Crippen molar-refractivity contribution in [1.82, 2.24) is 20.0 Å². The van der Waals surface area contributed by atoms with Crippen molar-refractivity contribution >= 4 is 11.8 Å². The van der Waals surface area contributed by atoms with Gasteiger partial charge in [0.1, 0.15) is 0 Å². The summed E-state index contributed by atoms with van der Waals surface area (Å²) in [4.78, 5) is 26.8. The number of carbonyl (C=O) groups is 2. The van der Waals surface area contributed by atoms with Gasteiger partial charge >= 0.3 is 0 Å². The molecule has 1 aromatic heterocycles. The second-order valence-electron chi connectivity index (χ2n) is 8.03. The molecule has 0 radical (unpaired) electrons. The van der Waals surface area contributed by atoms with Crippen LogP contribution in [-0.2, 0) is 16.1 Å². The van der Waals surface area contributed by atoms with Gasteiger partial charge in [-0.3, -0.25) is 14.3 Å². The van der Waals surface area contributed by atoms with Crippen molar-refractivity contribution in [3.63, 3.8) is 0 Å². The van der Waals surface area contributed by atoms with Crippen LogP contribution in [0.5, 0.6) is 0 Å². The lowest BCUT2D eigenvalue weighted by Crippen LogP contribution is -2.56. The van der Waals surface area contributed by atoms with Crippen molar-refractivity contribution < 1.29 is 9.59 Å². The molecule has 6 nitrogen and oxygen atoms in total. The second kappa shape index (κ2) is 7.80.